The number of amides is 1. The maximum absolute atomic E-state index is 10.7. The Morgan fingerprint density at radius 1 is 1.56 bits per heavy atom. The van der Waals surface area contributed by atoms with Gasteiger partial charge in [0.15, 0.2) is 0 Å². The van der Waals surface area contributed by atoms with Crippen molar-refractivity contribution in [3.63, 3.8) is 0 Å². The summed E-state index contributed by atoms with van der Waals surface area (Å²) < 4.78 is 4.80. The Hall–Kier alpha value is -0.705. The fourth-order valence-corrected chi connectivity index (χ4v) is 0.671. The van der Waals surface area contributed by atoms with E-state index in [2.05, 4.69) is 0 Å². The second-order valence-electron chi connectivity index (χ2n) is 2.08. The van der Waals surface area contributed by atoms with Crippen molar-refractivity contribution in [1.82, 2.24) is 9.93 Å². The molecule has 0 N–H and O–H groups in total. The average Bonchev–Trinajstić information content (AvgIpc) is 1.98. The molecule has 0 radical (unpaired) electrons. The van der Waals surface area contributed by atoms with Crippen molar-refractivity contribution in [1.29, 1.82) is 0 Å². The van der Waals surface area contributed by atoms with Gasteiger partial charge in [-0.1, -0.05) is 0 Å². The maximum Gasteiger partial charge on any atom is 0.468 e. The summed E-state index contributed by atoms with van der Waals surface area (Å²) in [6.07, 6.45) is -0.287. The molecule has 0 spiro atoms. The predicted octanol–water partition coefficient (Wildman–Crippen LogP) is 0.0332. The second kappa shape index (κ2) is 1.91. The minimum absolute atomic E-state index is 0.123. The first-order valence-corrected chi connectivity index (χ1v) is 2.80. The molecule has 1 aliphatic rings. The summed E-state index contributed by atoms with van der Waals surface area (Å²) in [6, 6.07) is 0. The molecule has 1 aliphatic heterocycles. The lowest BCUT2D eigenvalue weighted by atomic mass is 9.88. The van der Waals surface area contributed by atoms with E-state index in [0.717, 1.165) is 0 Å². The molecule has 0 aliphatic carbocycles. The topological polar surface area (TPSA) is 32.8 Å². The third kappa shape index (κ3) is 0.874. The summed E-state index contributed by atoms with van der Waals surface area (Å²) in [6.45, 7) is 1.82. The van der Waals surface area contributed by atoms with Gasteiger partial charge in [0, 0.05) is 7.05 Å². The zero-order chi connectivity index (χ0) is 7.02. The minimum Gasteiger partial charge on any atom is -0.502 e. The predicted molar refractivity (Wildman–Crippen MR) is 33.6 cm³/mol. The molecule has 1 heterocycles. The van der Waals surface area contributed by atoms with Gasteiger partial charge in [-0.05, 0) is 13.9 Å². The molecule has 4 nitrogen and oxygen atoms in total. The lowest BCUT2D eigenvalue weighted by Gasteiger charge is -2.15. The molecule has 0 atom stereocenters. The first-order chi connectivity index (χ1) is 4.13. The van der Waals surface area contributed by atoms with E-state index in [9.17, 15) is 4.79 Å². The molecule has 0 unspecified atom stereocenters. The quantitative estimate of drug-likeness (QED) is 0.431. The highest BCUT2D eigenvalue weighted by Gasteiger charge is 2.34. The number of hydrogen-bond acceptors (Lipinski definition) is 3. The summed E-state index contributed by atoms with van der Waals surface area (Å²) in [5.41, 5.74) is 0. The van der Waals surface area contributed by atoms with Crippen LogP contribution in [0.2, 0.25) is 6.82 Å². The van der Waals surface area contributed by atoms with Crippen molar-refractivity contribution >= 4 is 13.1 Å². The Labute approximate surface area is 54.5 Å². The third-order valence-corrected chi connectivity index (χ3v) is 1.54. The van der Waals surface area contributed by atoms with Gasteiger partial charge in [0.05, 0.1) is 0 Å². The first-order valence-electron chi connectivity index (χ1n) is 2.80. The van der Waals surface area contributed by atoms with E-state index in [1.54, 1.807) is 19.0 Å². The van der Waals surface area contributed by atoms with Crippen LogP contribution in [0.5, 0.6) is 0 Å². The molecule has 5 heteroatoms. The molecule has 0 aromatic carbocycles. The molecule has 1 rings (SSSR count). The number of rotatable bonds is 0. The van der Waals surface area contributed by atoms with Crippen LogP contribution in [0.15, 0.2) is 0 Å². The van der Waals surface area contributed by atoms with Gasteiger partial charge in [0.1, 0.15) is 0 Å². The van der Waals surface area contributed by atoms with Gasteiger partial charge in [-0.25, -0.2) is 9.71 Å². The summed E-state index contributed by atoms with van der Waals surface area (Å²) in [5.74, 6) is 0. The standard InChI is InChI=1S/C4H9BN2O2/c1-5-7(3)6(2)4(8)9-5/h1-3H3. The van der Waals surface area contributed by atoms with Crippen LogP contribution in [-0.4, -0.2) is 37.2 Å². The van der Waals surface area contributed by atoms with Crippen LogP contribution in [0.25, 0.3) is 0 Å². The molecule has 0 saturated carbocycles. The largest absolute Gasteiger partial charge is 0.502 e. The molecular formula is C4H9BN2O2. The Morgan fingerprint density at radius 2 is 2.11 bits per heavy atom. The van der Waals surface area contributed by atoms with Crippen LogP contribution < -0.4 is 0 Å². The fourth-order valence-electron chi connectivity index (χ4n) is 0.671. The Kier molecular flexibility index (Phi) is 1.36. The van der Waals surface area contributed by atoms with E-state index < -0.39 is 0 Å². The van der Waals surface area contributed by atoms with E-state index in [0.29, 0.717) is 0 Å². The number of carbonyl (C=O) groups is 1. The van der Waals surface area contributed by atoms with Gasteiger partial charge in [0.25, 0.3) is 0 Å². The van der Waals surface area contributed by atoms with Gasteiger partial charge in [0.2, 0.25) is 0 Å². The summed E-state index contributed by atoms with van der Waals surface area (Å²) in [4.78, 5) is 12.4. The number of carbonyl (C=O) groups excluding carboxylic acids is 1. The third-order valence-electron chi connectivity index (χ3n) is 1.54. The van der Waals surface area contributed by atoms with E-state index >= 15 is 0 Å². The Balaban J connectivity index is 2.65. The zero-order valence-corrected chi connectivity index (χ0v) is 5.79. The van der Waals surface area contributed by atoms with E-state index in [4.69, 9.17) is 4.65 Å². The van der Waals surface area contributed by atoms with Gasteiger partial charge >= 0.3 is 13.1 Å². The smallest absolute Gasteiger partial charge is 0.468 e. The monoisotopic (exact) mass is 128 g/mol. The van der Waals surface area contributed by atoms with Crippen molar-refractivity contribution in [3.05, 3.63) is 0 Å². The van der Waals surface area contributed by atoms with Crippen LogP contribution in [0.1, 0.15) is 0 Å². The number of hydrazine groups is 1. The van der Waals surface area contributed by atoms with Crippen molar-refractivity contribution in [2.75, 3.05) is 14.1 Å². The van der Waals surface area contributed by atoms with Crippen LogP contribution in [0.3, 0.4) is 0 Å². The van der Waals surface area contributed by atoms with Crippen molar-refractivity contribution in [2.24, 2.45) is 0 Å². The second-order valence-corrected chi connectivity index (χ2v) is 2.08. The van der Waals surface area contributed by atoms with Gasteiger partial charge < -0.3 is 4.65 Å². The van der Waals surface area contributed by atoms with E-state index in [1.165, 1.54) is 5.01 Å². The van der Waals surface area contributed by atoms with Crippen molar-refractivity contribution in [2.45, 2.75) is 6.82 Å². The van der Waals surface area contributed by atoms with Gasteiger partial charge in [-0.3, -0.25) is 5.01 Å². The summed E-state index contributed by atoms with van der Waals surface area (Å²) in [5, 5.41) is 1.44. The fraction of sp³-hybridized carbons (Fsp3) is 0.750. The highest BCUT2D eigenvalue weighted by Crippen LogP contribution is 2.08. The molecule has 0 aromatic heterocycles. The Bertz CT molecular complexity index is 141. The van der Waals surface area contributed by atoms with E-state index in [-0.39, 0.29) is 13.1 Å². The molecule has 0 aromatic rings. The molecule has 1 saturated heterocycles. The molecule has 9 heavy (non-hydrogen) atoms. The van der Waals surface area contributed by atoms with Crippen LogP contribution >= 0.6 is 0 Å². The van der Waals surface area contributed by atoms with Gasteiger partial charge in [-0.2, -0.15) is 0 Å². The molecule has 1 amide bonds. The van der Waals surface area contributed by atoms with Gasteiger partial charge in [-0.15, -0.1) is 0 Å². The lowest BCUT2D eigenvalue weighted by Crippen LogP contribution is -2.37. The first kappa shape index (κ1) is 6.42. The number of nitrogens with zero attached hydrogens (tertiary/aromatic N) is 2. The number of hydrogen-bond donors (Lipinski definition) is 0. The molecule has 1 fully saturated rings. The molecule has 50 valence electrons. The zero-order valence-electron chi connectivity index (χ0n) is 5.79. The maximum atomic E-state index is 10.7. The Morgan fingerprint density at radius 3 is 2.22 bits per heavy atom. The van der Waals surface area contributed by atoms with Crippen molar-refractivity contribution < 1.29 is 9.45 Å². The minimum atomic E-state index is -0.287. The van der Waals surface area contributed by atoms with Crippen molar-refractivity contribution in [3.8, 4) is 0 Å². The van der Waals surface area contributed by atoms with Crippen LogP contribution in [0, 0.1) is 0 Å². The molecule has 0 bridgehead atoms. The SMILES string of the molecule is CB1OC(=O)N(C)N1C. The summed E-state index contributed by atoms with van der Waals surface area (Å²) in [7, 11) is 3.35. The van der Waals surface area contributed by atoms with Crippen LogP contribution in [-0.2, 0) is 4.65 Å². The molecular weight excluding hydrogens is 119 g/mol. The normalized spacial score (nSPS) is 21.0. The highest BCUT2D eigenvalue weighted by atomic mass is 16.6. The lowest BCUT2D eigenvalue weighted by molar-refractivity contribution is 0.139. The average molecular weight is 128 g/mol. The van der Waals surface area contributed by atoms with E-state index in [1.807, 2.05) is 6.82 Å². The van der Waals surface area contributed by atoms with Crippen LogP contribution in [0.4, 0.5) is 4.79 Å². The highest BCUT2D eigenvalue weighted by molar-refractivity contribution is 6.50. The summed E-state index contributed by atoms with van der Waals surface area (Å²) >= 11 is 0.